The number of thiophene rings is 1. The van der Waals surface area contributed by atoms with Gasteiger partial charge in [-0.15, -0.1) is 11.3 Å². The highest BCUT2D eigenvalue weighted by Crippen LogP contribution is 2.35. The molecule has 7 heteroatoms. The second-order valence-electron chi connectivity index (χ2n) is 6.59. The molecule has 3 rings (SSSR count). The van der Waals surface area contributed by atoms with E-state index in [1.165, 1.54) is 11.3 Å². The van der Waals surface area contributed by atoms with Crippen LogP contribution < -0.4 is 0 Å². The molecule has 1 aliphatic heterocycles. The highest BCUT2D eigenvalue weighted by atomic mass is 35.5. The highest BCUT2D eigenvalue weighted by Gasteiger charge is 2.35. The number of likely N-dealkylation sites (tertiary alicyclic amines) is 1. The number of carbonyl (C=O) groups is 1. The van der Waals surface area contributed by atoms with Gasteiger partial charge in [-0.05, 0) is 39.7 Å². The fourth-order valence-corrected chi connectivity index (χ4v) is 3.50. The molecule has 1 atom stereocenters. The summed E-state index contributed by atoms with van der Waals surface area (Å²) in [6.45, 7) is 6.27. The standard InChI is InChI=1S/C16H19ClN2O3S/c1-16(2,3)21-15(20)19-6-4-5-12(19)11-8-13(22-18-11)10-7-14(17)23-9-10/h7-9,12H,4-6H2,1-3H3/t12-/m1/s1. The Kier molecular flexibility index (Phi) is 4.38. The number of hydrogen-bond acceptors (Lipinski definition) is 5. The molecule has 124 valence electrons. The van der Waals surface area contributed by atoms with Gasteiger partial charge in [0.15, 0.2) is 5.76 Å². The van der Waals surface area contributed by atoms with Crippen LogP contribution in [-0.4, -0.2) is 28.3 Å². The van der Waals surface area contributed by atoms with Crippen molar-refractivity contribution in [2.45, 2.75) is 45.3 Å². The third-order valence-electron chi connectivity index (χ3n) is 3.60. The molecule has 23 heavy (non-hydrogen) atoms. The van der Waals surface area contributed by atoms with Crippen molar-refractivity contribution in [2.75, 3.05) is 6.54 Å². The summed E-state index contributed by atoms with van der Waals surface area (Å²) in [6, 6.07) is 3.62. The molecule has 3 heterocycles. The Morgan fingerprint density at radius 1 is 1.48 bits per heavy atom. The van der Waals surface area contributed by atoms with Gasteiger partial charge in [-0.2, -0.15) is 0 Å². The lowest BCUT2D eigenvalue weighted by molar-refractivity contribution is 0.0219. The number of nitrogens with zero attached hydrogens (tertiary/aromatic N) is 2. The zero-order valence-electron chi connectivity index (χ0n) is 13.3. The van der Waals surface area contributed by atoms with E-state index in [0.29, 0.717) is 16.6 Å². The molecule has 2 aromatic rings. The Bertz CT molecular complexity index is 704. The van der Waals surface area contributed by atoms with Crippen LogP contribution in [0.1, 0.15) is 45.3 Å². The molecule has 1 aliphatic rings. The zero-order valence-corrected chi connectivity index (χ0v) is 14.9. The number of aromatic nitrogens is 1. The van der Waals surface area contributed by atoms with Gasteiger partial charge in [0.1, 0.15) is 11.3 Å². The first kappa shape index (κ1) is 16.3. The minimum Gasteiger partial charge on any atom is -0.444 e. The first-order valence-electron chi connectivity index (χ1n) is 7.54. The third kappa shape index (κ3) is 3.70. The SMILES string of the molecule is CC(C)(C)OC(=O)N1CCC[C@@H]1c1cc(-c2csc(Cl)c2)on1. The largest absolute Gasteiger partial charge is 0.444 e. The first-order chi connectivity index (χ1) is 10.8. The molecule has 1 fully saturated rings. The number of ether oxygens (including phenoxy) is 1. The molecule has 1 amide bonds. The zero-order chi connectivity index (χ0) is 16.6. The summed E-state index contributed by atoms with van der Waals surface area (Å²) in [6.07, 6.45) is 1.48. The summed E-state index contributed by atoms with van der Waals surface area (Å²) >= 11 is 7.40. The summed E-state index contributed by atoms with van der Waals surface area (Å²) in [4.78, 5) is 14.1. The molecule has 1 saturated heterocycles. The summed E-state index contributed by atoms with van der Waals surface area (Å²) in [5.74, 6) is 0.666. The van der Waals surface area contributed by atoms with Gasteiger partial charge < -0.3 is 9.26 Å². The van der Waals surface area contributed by atoms with Crippen LogP contribution in [-0.2, 0) is 4.74 Å². The number of amides is 1. The molecular formula is C16H19ClN2O3S. The van der Waals surface area contributed by atoms with Gasteiger partial charge >= 0.3 is 6.09 Å². The Labute approximate surface area is 144 Å². The van der Waals surface area contributed by atoms with Crippen LogP contribution in [0.4, 0.5) is 4.79 Å². The predicted molar refractivity (Wildman–Crippen MR) is 89.7 cm³/mol. The number of carbonyl (C=O) groups excluding carboxylic acids is 1. The average molecular weight is 355 g/mol. The van der Waals surface area contributed by atoms with Gasteiger partial charge in [0.25, 0.3) is 0 Å². The van der Waals surface area contributed by atoms with Gasteiger partial charge in [0.05, 0.1) is 10.4 Å². The van der Waals surface area contributed by atoms with Crippen LogP contribution in [0.15, 0.2) is 22.0 Å². The molecular weight excluding hydrogens is 336 g/mol. The third-order valence-corrected chi connectivity index (χ3v) is 4.69. The van der Waals surface area contributed by atoms with E-state index in [9.17, 15) is 4.79 Å². The van der Waals surface area contributed by atoms with E-state index < -0.39 is 5.60 Å². The summed E-state index contributed by atoms with van der Waals surface area (Å²) in [5, 5.41) is 6.07. The van der Waals surface area contributed by atoms with Gasteiger partial charge in [-0.25, -0.2) is 4.79 Å². The second-order valence-corrected chi connectivity index (χ2v) is 8.13. The van der Waals surface area contributed by atoms with Crippen molar-refractivity contribution in [1.29, 1.82) is 0 Å². The van der Waals surface area contributed by atoms with Gasteiger partial charge in [0.2, 0.25) is 0 Å². The predicted octanol–water partition coefficient (Wildman–Crippen LogP) is 5.13. The average Bonchev–Trinajstić information content (AvgIpc) is 3.15. The Morgan fingerprint density at radius 3 is 2.91 bits per heavy atom. The lowest BCUT2D eigenvalue weighted by Gasteiger charge is -2.27. The van der Waals surface area contributed by atoms with Gasteiger partial charge in [0, 0.05) is 23.6 Å². The van der Waals surface area contributed by atoms with Crippen molar-refractivity contribution in [2.24, 2.45) is 0 Å². The van der Waals surface area contributed by atoms with E-state index >= 15 is 0 Å². The van der Waals surface area contributed by atoms with Crippen LogP contribution in [0.5, 0.6) is 0 Å². The van der Waals surface area contributed by atoms with Crippen molar-refractivity contribution in [3.63, 3.8) is 0 Å². The number of hydrogen-bond donors (Lipinski definition) is 0. The lowest BCUT2D eigenvalue weighted by atomic mass is 10.1. The van der Waals surface area contributed by atoms with E-state index in [1.807, 2.05) is 38.3 Å². The maximum Gasteiger partial charge on any atom is 0.410 e. The van der Waals surface area contributed by atoms with Crippen molar-refractivity contribution < 1.29 is 14.1 Å². The fourth-order valence-electron chi connectivity index (χ4n) is 2.63. The Balaban J connectivity index is 1.78. The lowest BCUT2D eigenvalue weighted by Crippen LogP contribution is -2.36. The fraction of sp³-hybridized carbons (Fsp3) is 0.500. The molecule has 0 bridgehead atoms. The van der Waals surface area contributed by atoms with Crippen molar-refractivity contribution >= 4 is 29.0 Å². The van der Waals surface area contributed by atoms with Crippen LogP contribution in [0.2, 0.25) is 4.34 Å². The topological polar surface area (TPSA) is 55.6 Å². The van der Waals surface area contributed by atoms with Crippen LogP contribution >= 0.6 is 22.9 Å². The molecule has 0 spiro atoms. The van der Waals surface area contributed by atoms with Gasteiger partial charge in [-0.1, -0.05) is 16.8 Å². The Hall–Kier alpha value is -1.53. The monoisotopic (exact) mass is 354 g/mol. The van der Waals surface area contributed by atoms with Crippen molar-refractivity contribution in [3.8, 4) is 11.3 Å². The van der Waals surface area contributed by atoms with Gasteiger partial charge in [-0.3, -0.25) is 4.90 Å². The van der Waals surface area contributed by atoms with E-state index in [2.05, 4.69) is 5.16 Å². The Morgan fingerprint density at radius 2 is 2.26 bits per heavy atom. The van der Waals surface area contributed by atoms with Crippen molar-refractivity contribution in [1.82, 2.24) is 10.1 Å². The van der Waals surface area contributed by atoms with E-state index in [4.69, 9.17) is 20.9 Å². The molecule has 0 aromatic carbocycles. The minimum absolute atomic E-state index is 0.101. The highest BCUT2D eigenvalue weighted by molar-refractivity contribution is 7.14. The molecule has 0 aliphatic carbocycles. The van der Waals surface area contributed by atoms with E-state index in [-0.39, 0.29) is 12.1 Å². The van der Waals surface area contributed by atoms with Crippen molar-refractivity contribution in [3.05, 3.63) is 27.5 Å². The summed E-state index contributed by atoms with van der Waals surface area (Å²) in [5.41, 5.74) is 1.15. The van der Waals surface area contributed by atoms with E-state index in [0.717, 1.165) is 24.1 Å². The molecule has 2 aromatic heterocycles. The number of rotatable bonds is 2. The van der Waals surface area contributed by atoms with Crippen LogP contribution in [0.3, 0.4) is 0 Å². The first-order valence-corrected chi connectivity index (χ1v) is 8.80. The van der Waals surface area contributed by atoms with Crippen LogP contribution in [0.25, 0.3) is 11.3 Å². The number of halogens is 1. The smallest absolute Gasteiger partial charge is 0.410 e. The quantitative estimate of drug-likeness (QED) is 0.750. The molecule has 0 saturated carbocycles. The normalized spacial score (nSPS) is 18.4. The summed E-state index contributed by atoms with van der Waals surface area (Å²) < 4.78 is 11.6. The second kappa shape index (κ2) is 6.17. The molecule has 5 nitrogen and oxygen atoms in total. The van der Waals surface area contributed by atoms with E-state index in [1.54, 1.807) is 4.90 Å². The molecule has 0 radical (unpaired) electrons. The summed E-state index contributed by atoms with van der Waals surface area (Å²) in [7, 11) is 0. The minimum atomic E-state index is -0.507. The maximum atomic E-state index is 12.4. The molecule has 0 unspecified atom stereocenters. The van der Waals surface area contributed by atoms with Crippen LogP contribution in [0, 0.1) is 0 Å². The molecule has 0 N–H and O–H groups in total. The maximum absolute atomic E-state index is 12.4.